The average Bonchev–Trinajstić information content (AvgIpc) is 3.08. The summed E-state index contributed by atoms with van der Waals surface area (Å²) in [5, 5.41) is 9.38. The predicted molar refractivity (Wildman–Crippen MR) is 118 cm³/mol. The van der Waals surface area contributed by atoms with E-state index in [4.69, 9.17) is 0 Å². The number of likely N-dealkylation sites (N-methyl/N-ethyl adjacent to an activating group) is 1. The number of amides is 1. The van der Waals surface area contributed by atoms with Crippen molar-refractivity contribution >= 4 is 35.8 Å². The van der Waals surface area contributed by atoms with E-state index in [1.165, 1.54) is 31.5 Å². The summed E-state index contributed by atoms with van der Waals surface area (Å²) in [6.45, 7) is 6.38. The van der Waals surface area contributed by atoms with E-state index in [0.717, 1.165) is 19.0 Å². The monoisotopic (exact) mass is 491 g/mol. The first-order chi connectivity index (χ1) is 12.6. The summed E-state index contributed by atoms with van der Waals surface area (Å²) in [7, 11) is 1.74. The Bertz CT molecular complexity index is 614. The van der Waals surface area contributed by atoms with Gasteiger partial charge in [-0.2, -0.15) is 0 Å². The van der Waals surface area contributed by atoms with Gasteiger partial charge < -0.3 is 16.0 Å². The Labute approximate surface area is 178 Å². The molecule has 1 aromatic rings. The van der Waals surface area contributed by atoms with E-state index in [2.05, 4.69) is 32.8 Å². The number of hydrogen-bond acceptors (Lipinski definition) is 3. The molecule has 6 nitrogen and oxygen atoms in total. The molecule has 0 aromatic heterocycles. The summed E-state index contributed by atoms with van der Waals surface area (Å²) < 4.78 is 13.1. The Kier molecular flexibility index (Phi) is 11.3. The van der Waals surface area contributed by atoms with Gasteiger partial charge in [0.1, 0.15) is 5.82 Å². The van der Waals surface area contributed by atoms with Crippen LogP contribution in [0.3, 0.4) is 0 Å². The molecule has 0 spiro atoms. The van der Waals surface area contributed by atoms with Crippen LogP contribution in [0.2, 0.25) is 0 Å². The number of rotatable bonds is 8. The van der Waals surface area contributed by atoms with Gasteiger partial charge in [0.15, 0.2) is 5.96 Å². The van der Waals surface area contributed by atoms with Crippen LogP contribution in [0.25, 0.3) is 0 Å². The Morgan fingerprint density at radius 1 is 1.30 bits per heavy atom. The predicted octanol–water partition coefficient (Wildman–Crippen LogP) is 1.75. The standard InChI is InChI=1S/C19H30FN5O.HI/c1-3-25-11-5-8-17(25)14-24-19(21-2)23-10-9-22-18(26)13-15-6-4-7-16(20)12-15;/h4,6-7,12,17H,3,5,8-11,13-14H2,1-2H3,(H,22,26)(H2,21,23,24);1H. The van der Waals surface area contributed by atoms with Crippen molar-refractivity contribution in [3.8, 4) is 0 Å². The molecule has 0 radical (unpaired) electrons. The van der Waals surface area contributed by atoms with Crippen molar-refractivity contribution in [2.24, 2.45) is 4.99 Å². The number of aliphatic imine (C=N–C) groups is 1. The summed E-state index contributed by atoms with van der Waals surface area (Å²) in [5.41, 5.74) is 0.671. The zero-order chi connectivity index (χ0) is 18.8. The molecule has 3 N–H and O–H groups in total. The Hall–Kier alpha value is -1.42. The highest BCUT2D eigenvalue weighted by Crippen LogP contribution is 2.15. The zero-order valence-corrected chi connectivity index (χ0v) is 18.5. The fourth-order valence-corrected chi connectivity index (χ4v) is 3.26. The normalized spacial score (nSPS) is 17.3. The molecular weight excluding hydrogens is 460 g/mol. The highest BCUT2D eigenvalue weighted by atomic mass is 127. The van der Waals surface area contributed by atoms with Crippen molar-refractivity contribution in [3.63, 3.8) is 0 Å². The topological polar surface area (TPSA) is 68.8 Å². The molecule has 27 heavy (non-hydrogen) atoms. The first-order valence-electron chi connectivity index (χ1n) is 9.32. The van der Waals surface area contributed by atoms with Crippen molar-refractivity contribution in [3.05, 3.63) is 35.6 Å². The first-order valence-corrected chi connectivity index (χ1v) is 9.32. The molecule has 0 saturated carbocycles. The minimum Gasteiger partial charge on any atom is -0.355 e. The fourth-order valence-electron chi connectivity index (χ4n) is 3.26. The molecule has 0 bridgehead atoms. The van der Waals surface area contributed by atoms with Crippen LogP contribution in [0.15, 0.2) is 29.3 Å². The number of nitrogens with zero attached hydrogens (tertiary/aromatic N) is 2. The third kappa shape index (κ3) is 8.42. The van der Waals surface area contributed by atoms with Crippen LogP contribution in [0.1, 0.15) is 25.3 Å². The lowest BCUT2D eigenvalue weighted by Crippen LogP contribution is -2.46. The molecule has 0 aliphatic carbocycles. The maximum Gasteiger partial charge on any atom is 0.224 e. The van der Waals surface area contributed by atoms with Gasteiger partial charge in [-0.15, -0.1) is 24.0 Å². The Balaban J connectivity index is 0.00000364. The van der Waals surface area contributed by atoms with Gasteiger partial charge in [-0.1, -0.05) is 19.1 Å². The molecule has 152 valence electrons. The Morgan fingerprint density at radius 2 is 2.07 bits per heavy atom. The second-order valence-corrected chi connectivity index (χ2v) is 6.46. The smallest absolute Gasteiger partial charge is 0.224 e. The van der Waals surface area contributed by atoms with Gasteiger partial charge in [-0.25, -0.2) is 4.39 Å². The summed E-state index contributed by atoms with van der Waals surface area (Å²) in [5.74, 6) is 0.299. The summed E-state index contributed by atoms with van der Waals surface area (Å²) in [6.07, 6.45) is 2.65. The number of halogens is 2. The maximum absolute atomic E-state index is 13.1. The van der Waals surface area contributed by atoms with E-state index >= 15 is 0 Å². The lowest BCUT2D eigenvalue weighted by Gasteiger charge is -2.24. The van der Waals surface area contributed by atoms with Crippen molar-refractivity contribution in [2.45, 2.75) is 32.2 Å². The van der Waals surface area contributed by atoms with Gasteiger partial charge in [-0.05, 0) is 43.6 Å². The van der Waals surface area contributed by atoms with Crippen molar-refractivity contribution in [2.75, 3.05) is 39.8 Å². The van der Waals surface area contributed by atoms with Crippen LogP contribution in [0.5, 0.6) is 0 Å². The highest BCUT2D eigenvalue weighted by Gasteiger charge is 2.22. The van der Waals surface area contributed by atoms with E-state index in [9.17, 15) is 9.18 Å². The molecule has 1 aliphatic rings. The van der Waals surface area contributed by atoms with Gasteiger partial charge in [-0.3, -0.25) is 14.7 Å². The number of carbonyl (C=O) groups excluding carboxylic acids is 1. The maximum atomic E-state index is 13.1. The number of benzene rings is 1. The van der Waals surface area contributed by atoms with Gasteiger partial charge >= 0.3 is 0 Å². The average molecular weight is 491 g/mol. The van der Waals surface area contributed by atoms with Crippen LogP contribution in [-0.2, 0) is 11.2 Å². The van der Waals surface area contributed by atoms with Gasteiger partial charge in [0.25, 0.3) is 0 Å². The third-order valence-corrected chi connectivity index (χ3v) is 4.63. The summed E-state index contributed by atoms with van der Waals surface area (Å²) in [4.78, 5) is 18.6. The molecule has 2 rings (SSSR count). The van der Waals surface area contributed by atoms with Crippen molar-refractivity contribution in [1.82, 2.24) is 20.9 Å². The third-order valence-electron chi connectivity index (χ3n) is 4.63. The SMILES string of the molecule is CCN1CCCC1CNC(=NC)NCCNC(=O)Cc1cccc(F)c1.I. The quantitative estimate of drug-likeness (QED) is 0.225. The van der Waals surface area contributed by atoms with Crippen LogP contribution in [-0.4, -0.2) is 62.6 Å². The van der Waals surface area contributed by atoms with E-state index in [1.54, 1.807) is 19.2 Å². The molecule has 1 heterocycles. The van der Waals surface area contributed by atoms with E-state index < -0.39 is 0 Å². The van der Waals surface area contributed by atoms with Gasteiger partial charge in [0.2, 0.25) is 5.91 Å². The van der Waals surface area contributed by atoms with Gasteiger partial charge in [0, 0.05) is 32.7 Å². The van der Waals surface area contributed by atoms with Gasteiger partial charge in [0.05, 0.1) is 6.42 Å². The van der Waals surface area contributed by atoms with E-state index in [1.807, 2.05) is 0 Å². The molecular formula is C19H31FIN5O. The van der Waals surface area contributed by atoms with Crippen LogP contribution >= 0.6 is 24.0 Å². The largest absolute Gasteiger partial charge is 0.355 e. The van der Waals surface area contributed by atoms with Crippen LogP contribution in [0, 0.1) is 5.82 Å². The van der Waals surface area contributed by atoms with Crippen molar-refractivity contribution in [1.29, 1.82) is 0 Å². The van der Waals surface area contributed by atoms with E-state index in [-0.39, 0.29) is 42.1 Å². The molecule has 1 fully saturated rings. The highest BCUT2D eigenvalue weighted by molar-refractivity contribution is 14.0. The fraction of sp³-hybridized carbons (Fsp3) is 0.579. The Morgan fingerprint density at radius 3 is 2.78 bits per heavy atom. The zero-order valence-electron chi connectivity index (χ0n) is 16.1. The second kappa shape index (κ2) is 12.9. The number of likely N-dealkylation sites (tertiary alicyclic amines) is 1. The van der Waals surface area contributed by atoms with Crippen LogP contribution < -0.4 is 16.0 Å². The first kappa shape index (κ1) is 23.6. The molecule has 1 aliphatic heterocycles. The molecule has 1 unspecified atom stereocenters. The number of hydrogen-bond donors (Lipinski definition) is 3. The minimum absolute atomic E-state index is 0. The van der Waals surface area contributed by atoms with Crippen LogP contribution in [0.4, 0.5) is 4.39 Å². The molecule has 1 amide bonds. The molecule has 1 saturated heterocycles. The summed E-state index contributed by atoms with van der Waals surface area (Å²) >= 11 is 0. The number of nitrogens with one attached hydrogen (secondary N) is 3. The number of guanidine groups is 1. The molecule has 1 atom stereocenters. The lowest BCUT2D eigenvalue weighted by molar-refractivity contribution is -0.120. The van der Waals surface area contributed by atoms with Crippen molar-refractivity contribution < 1.29 is 9.18 Å². The molecule has 8 heteroatoms. The van der Waals surface area contributed by atoms with E-state index in [0.29, 0.717) is 24.7 Å². The minimum atomic E-state index is -0.323. The number of carbonyl (C=O) groups is 1. The summed E-state index contributed by atoms with van der Waals surface area (Å²) in [6, 6.07) is 6.67. The molecule has 1 aromatic carbocycles. The second-order valence-electron chi connectivity index (χ2n) is 6.46. The lowest BCUT2D eigenvalue weighted by atomic mass is 10.1.